The quantitative estimate of drug-likeness (QED) is 0.779. The van der Waals surface area contributed by atoms with Gasteiger partial charge in [0.25, 0.3) is 0 Å². The number of halogens is 2. The number of nitriles is 1. The third-order valence-electron chi connectivity index (χ3n) is 3.65. The fourth-order valence-corrected chi connectivity index (χ4v) is 2.96. The van der Waals surface area contributed by atoms with Gasteiger partial charge in [0.05, 0.1) is 16.5 Å². The van der Waals surface area contributed by atoms with E-state index >= 15 is 0 Å². The molecule has 1 aromatic rings. The summed E-state index contributed by atoms with van der Waals surface area (Å²) in [4.78, 5) is 0. The highest BCUT2D eigenvalue weighted by Gasteiger charge is 2.47. The number of nitrogens with zero attached hydrogens (tertiary/aromatic N) is 1. The first-order valence-electron chi connectivity index (χ1n) is 5.98. The molecule has 0 atom stereocenters. The van der Waals surface area contributed by atoms with Gasteiger partial charge in [-0.1, -0.05) is 43.5 Å². The van der Waals surface area contributed by atoms with Crippen LogP contribution in [0.25, 0.3) is 0 Å². The minimum absolute atomic E-state index is 0.107. The van der Waals surface area contributed by atoms with Gasteiger partial charge >= 0.3 is 0 Å². The third-order valence-corrected chi connectivity index (χ3v) is 3.94. The summed E-state index contributed by atoms with van der Waals surface area (Å²) in [7, 11) is 0. The Hall–Kier alpha value is -1.07. The first kappa shape index (κ1) is 12.4. The Bertz CT molecular complexity index is 458. The molecule has 3 heteroatoms. The molecule has 0 heterocycles. The summed E-state index contributed by atoms with van der Waals surface area (Å²) in [6.07, 6.45) is 3.75. The van der Waals surface area contributed by atoms with Gasteiger partial charge in [-0.15, -0.1) is 0 Å². The van der Waals surface area contributed by atoms with E-state index in [0.717, 1.165) is 25.7 Å². The SMILES string of the molecule is CCCC1CC(C#N)(c2cccc(Cl)c2F)C1. The van der Waals surface area contributed by atoms with Crippen molar-refractivity contribution < 1.29 is 4.39 Å². The molecule has 1 aliphatic carbocycles. The van der Waals surface area contributed by atoms with Crippen LogP contribution < -0.4 is 0 Å². The smallest absolute Gasteiger partial charge is 0.146 e. The average Bonchev–Trinajstić information content (AvgIpc) is 2.27. The molecule has 0 aliphatic heterocycles. The lowest BCUT2D eigenvalue weighted by Crippen LogP contribution is -2.40. The number of rotatable bonds is 3. The maximum Gasteiger partial charge on any atom is 0.146 e. The second-order valence-corrected chi connectivity index (χ2v) is 5.27. The molecule has 0 bridgehead atoms. The van der Waals surface area contributed by atoms with Gasteiger partial charge < -0.3 is 0 Å². The number of hydrogen-bond donors (Lipinski definition) is 0. The zero-order chi connectivity index (χ0) is 12.5. The Morgan fingerprint density at radius 1 is 1.53 bits per heavy atom. The van der Waals surface area contributed by atoms with E-state index in [1.54, 1.807) is 12.1 Å². The summed E-state index contributed by atoms with van der Waals surface area (Å²) >= 11 is 5.77. The van der Waals surface area contributed by atoms with Crippen molar-refractivity contribution in [2.24, 2.45) is 5.92 Å². The van der Waals surface area contributed by atoms with E-state index in [1.807, 2.05) is 0 Å². The predicted molar refractivity (Wildman–Crippen MR) is 66.3 cm³/mol. The summed E-state index contributed by atoms with van der Waals surface area (Å²) in [6.45, 7) is 2.13. The summed E-state index contributed by atoms with van der Waals surface area (Å²) in [5.41, 5.74) is -0.172. The molecular formula is C14H15ClFN. The van der Waals surface area contributed by atoms with Crippen molar-refractivity contribution in [1.29, 1.82) is 5.26 Å². The zero-order valence-electron chi connectivity index (χ0n) is 9.84. The van der Waals surface area contributed by atoms with Gasteiger partial charge in [-0.05, 0) is 24.8 Å². The predicted octanol–water partition coefficient (Wildman–Crippen LogP) is 4.45. The van der Waals surface area contributed by atoms with Crippen LogP contribution in [0.15, 0.2) is 18.2 Å². The summed E-state index contributed by atoms with van der Waals surface area (Å²) in [6, 6.07) is 7.21. The average molecular weight is 252 g/mol. The third kappa shape index (κ3) is 2.05. The lowest BCUT2D eigenvalue weighted by Gasteiger charge is -2.43. The summed E-state index contributed by atoms with van der Waals surface area (Å²) in [5.74, 6) is 0.128. The van der Waals surface area contributed by atoms with E-state index in [1.165, 1.54) is 6.07 Å². The maximum absolute atomic E-state index is 13.9. The molecule has 0 spiro atoms. The Morgan fingerprint density at radius 2 is 2.24 bits per heavy atom. The highest BCUT2D eigenvalue weighted by molar-refractivity contribution is 6.30. The molecule has 1 aliphatic rings. The lowest BCUT2D eigenvalue weighted by atomic mass is 9.58. The second-order valence-electron chi connectivity index (χ2n) is 4.86. The molecule has 2 rings (SSSR count). The van der Waals surface area contributed by atoms with E-state index in [-0.39, 0.29) is 5.02 Å². The Kier molecular flexibility index (Phi) is 3.40. The Morgan fingerprint density at radius 3 is 2.82 bits per heavy atom. The fraction of sp³-hybridized carbons (Fsp3) is 0.500. The van der Waals surface area contributed by atoms with Crippen molar-refractivity contribution in [3.05, 3.63) is 34.6 Å². The van der Waals surface area contributed by atoms with Gasteiger partial charge in [0.2, 0.25) is 0 Å². The van der Waals surface area contributed by atoms with Crippen molar-refractivity contribution in [1.82, 2.24) is 0 Å². The van der Waals surface area contributed by atoms with Gasteiger partial charge in [0.1, 0.15) is 5.82 Å². The Balaban J connectivity index is 2.27. The molecule has 1 nitrogen and oxygen atoms in total. The highest BCUT2D eigenvalue weighted by Crippen LogP contribution is 2.50. The van der Waals surface area contributed by atoms with Crippen LogP contribution in [0.4, 0.5) is 4.39 Å². The molecular weight excluding hydrogens is 237 g/mol. The molecule has 0 unspecified atom stereocenters. The second kappa shape index (κ2) is 4.66. The molecule has 1 fully saturated rings. The minimum atomic E-state index is -0.644. The Labute approximate surface area is 106 Å². The van der Waals surface area contributed by atoms with E-state index in [4.69, 9.17) is 11.6 Å². The van der Waals surface area contributed by atoms with Crippen LogP contribution in [-0.2, 0) is 5.41 Å². The molecule has 17 heavy (non-hydrogen) atoms. The van der Waals surface area contributed by atoms with Crippen LogP contribution in [0.1, 0.15) is 38.2 Å². The van der Waals surface area contributed by atoms with Crippen LogP contribution in [0.5, 0.6) is 0 Å². The van der Waals surface area contributed by atoms with Gasteiger partial charge in [-0.3, -0.25) is 0 Å². The van der Waals surface area contributed by atoms with Gasteiger partial charge in [-0.25, -0.2) is 4.39 Å². The first-order chi connectivity index (χ1) is 8.13. The van der Waals surface area contributed by atoms with E-state index in [9.17, 15) is 9.65 Å². The van der Waals surface area contributed by atoms with Crippen LogP contribution in [-0.4, -0.2) is 0 Å². The van der Waals surface area contributed by atoms with Gasteiger partial charge in [-0.2, -0.15) is 5.26 Å². The molecule has 0 saturated heterocycles. The van der Waals surface area contributed by atoms with Crippen molar-refractivity contribution in [2.45, 2.75) is 38.0 Å². The standard InChI is InChI=1S/C14H15ClFN/c1-2-4-10-7-14(8-10,9-17)11-5-3-6-12(15)13(11)16/h3,5-6,10H,2,4,7-8H2,1H3. The maximum atomic E-state index is 13.9. The van der Waals surface area contributed by atoms with E-state index in [0.29, 0.717) is 11.5 Å². The van der Waals surface area contributed by atoms with Crippen LogP contribution in [0, 0.1) is 23.1 Å². The molecule has 90 valence electrons. The lowest BCUT2D eigenvalue weighted by molar-refractivity contribution is 0.180. The van der Waals surface area contributed by atoms with Gasteiger partial charge in [0.15, 0.2) is 0 Å². The van der Waals surface area contributed by atoms with Crippen LogP contribution >= 0.6 is 11.6 Å². The van der Waals surface area contributed by atoms with Gasteiger partial charge in [0, 0.05) is 5.56 Å². The molecule has 0 amide bonds. The molecule has 1 saturated carbocycles. The van der Waals surface area contributed by atoms with E-state index < -0.39 is 11.2 Å². The normalized spacial score (nSPS) is 27.3. The largest absolute Gasteiger partial charge is 0.205 e. The molecule has 0 aromatic heterocycles. The number of hydrogen-bond acceptors (Lipinski definition) is 1. The molecule has 0 N–H and O–H groups in total. The molecule has 1 aromatic carbocycles. The van der Waals surface area contributed by atoms with E-state index in [2.05, 4.69) is 13.0 Å². The highest BCUT2D eigenvalue weighted by atomic mass is 35.5. The van der Waals surface area contributed by atoms with Crippen molar-refractivity contribution in [3.63, 3.8) is 0 Å². The van der Waals surface area contributed by atoms with Crippen molar-refractivity contribution in [3.8, 4) is 6.07 Å². The van der Waals surface area contributed by atoms with Crippen molar-refractivity contribution in [2.75, 3.05) is 0 Å². The number of benzene rings is 1. The van der Waals surface area contributed by atoms with Crippen LogP contribution in [0.2, 0.25) is 5.02 Å². The first-order valence-corrected chi connectivity index (χ1v) is 6.36. The van der Waals surface area contributed by atoms with Crippen molar-refractivity contribution >= 4 is 11.6 Å². The monoisotopic (exact) mass is 251 g/mol. The van der Waals surface area contributed by atoms with Crippen LogP contribution in [0.3, 0.4) is 0 Å². The zero-order valence-corrected chi connectivity index (χ0v) is 10.6. The topological polar surface area (TPSA) is 23.8 Å². The summed E-state index contributed by atoms with van der Waals surface area (Å²) < 4.78 is 13.9. The molecule has 0 radical (unpaired) electrons. The summed E-state index contributed by atoms with van der Waals surface area (Å²) in [5, 5.41) is 9.44. The fourth-order valence-electron chi connectivity index (χ4n) is 2.78. The minimum Gasteiger partial charge on any atom is -0.205 e.